The molecule has 1 atom stereocenters. The second-order valence-corrected chi connectivity index (χ2v) is 9.47. The lowest BCUT2D eigenvalue weighted by molar-refractivity contribution is -0.122. The molecule has 1 amide bonds. The molecule has 7 heteroatoms. The van der Waals surface area contributed by atoms with E-state index in [1.54, 1.807) is 31.4 Å². The number of ether oxygens (including phenoxy) is 1. The Morgan fingerprint density at radius 3 is 2.53 bits per heavy atom. The summed E-state index contributed by atoms with van der Waals surface area (Å²) in [6.07, 6.45) is 4.40. The van der Waals surface area contributed by atoms with E-state index in [2.05, 4.69) is 17.4 Å². The maximum Gasteiger partial charge on any atom is 0.243 e. The lowest BCUT2D eigenvalue weighted by Crippen LogP contribution is -2.46. The lowest BCUT2D eigenvalue weighted by Gasteiger charge is -2.34. The molecule has 1 fully saturated rings. The summed E-state index contributed by atoms with van der Waals surface area (Å²) < 4.78 is 32.9. The first-order chi connectivity index (χ1) is 14.5. The molecule has 2 aromatic rings. The lowest BCUT2D eigenvalue weighted by atomic mass is 10.0. The van der Waals surface area contributed by atoms with Crippen LogP contribution in [0.5, 0.6) is 5.75 Å². The van der Waals surface area contributed by atoms with E-state index in [0.29, 0.717) is 25.3 Å². The van der Waals surface area contributed by atoms with Gasteiger partial charge in [-0.3, -0.25) is 4.79 Å². The van der Waals surface area contributed by atoms with Crippen LogP contribution in [0.25, 0.3) is 0 Å². The van der Waals surface area contributed by atoms with Gasteiger partial charge in [0.25, 0.3) is 0 Å². The van der Waals surface area contributed by atoms with E-state index in [1.165, 1.54) is 9.87 Å². The van der Waals surface area contributed by atoms with Crippen molar-refractivity contribution >= 4 is 15.9 Å². The topological polar surface area (TPSA) is 75.7 Å². The van der Waals surface area contributed by atoms with Crippen molar-refractivity contribution < 1.29 is 17.9 Å². The van der Waals surface area contributed by atoms with Gasteiger partial charge in [-0.2, -0.15) is 4.31 Å². The fraction of sp³-hybridized carbons (Fsp3) is 0.435. The fourth-order valence-electron chi connectivity index (χ4n) is 3.83. The number of nitrogens with one attached hydrogen (secondary N) is 1. The van der Waals surface area contributed by atoms with Crippen molar-refractivity contribution in [2.45, 2.75) is 49.5 Å². The summed E-state index contributed by atoms with van der Waals surface area (Å²) in [7, 11) is -2.10. The SMILES string of the molecule is COc1ccc(S(=O)(=O)N2CCCCC2CC(=O)NCCCc2ccccc2)cc1. The van der Waals surface area contributed by atoms with Gasteiger partial charge in [0.15, 0.2) is 0 Å². The highest BCUT2D eigenvalue weighted by atomic mass is 32.2. The predicted octanol–water partition coefficient (Wildman–Crippen LogP) is 3.38. The number of hydrogen-bond acceptors (Lipinski definition) is 4. The maximum atomic E-state index is 13.1. The monoisotopic (exact) mass is 430 g/mol. The highest BCUT2D eigenvalue weighted by molar-refractivity contribution is 7.89. The van der Waals surface area contributed by atoms with E-state index >= 15 is 0 Å². The van der Waals surface area contributed by atoms with Crippen molar-refractivity contribution in [2.24, 2.45) is 0 Å². The molecule has 1 saturated heterocycles. The third-order valence-electron chi connectivity index (χ3n) is 5.47. The zero-order chi connectivity index (χ0) is 21.4. The van der Waals surface area contributed by atoms with Crippen molar-refractivity contribution in [3.8, 4) is 5.75 Å². The first-order valence-electron chi connectivity index (χ1n) is 10.5. The normalized spacial score (nSPS) is 17.4. The van der Waals surface area contributed by atoms with Crippen LogP contribution in [0.1, 0.15) is 37.7 Å². The van der Waals surface area contributed by atoms with Crippen LogP contribution in [0.3, 0.4) is 0 Å². The minimum Gasteiger partial charge on any atom is -0.497 e. The molecule has 1 aliphatic heterocycles. The van der Waals surface area contributed by atoms with Crippen LogP contribution in [-0.4, -0.2) is 44.9 Å². The second kappa shape index (κ2) is 10.6. The number of aryl methyl sites for hydroxylation is 1. The van der Waals surface area contributed by atoms with E-state index in [-0.39, 0.29) is 23.3 Å². The van der Waals surface area contributed by atoms with Gasteiger partial charge in [0.2, 0.25) is 15.9 Å². The number of rotatable bonds is 9. The van der Waals surface area contributed by atoms with Gasteiger partial charge in [0.05, 0.1) is 12.0 Å². The van der Waals surface area contributed by atoms with Crippen molar-refractivity contribution in [3.05, 3.63) is 60.2 Å². The van der Waals surface area contributed by atoms with E-state index in [4.69, 9.17) is 4.74 Å². The third kappa shape index (κ3) is 5.83. The van der Waals surface area contributed by atoms with E-state index < -0.39 is 10.0 Å². The number of methoxy groups -OCH3 is 1. The summed E-state index contributed by atoms with van der Waals surface area (Å²) in [5, 5.41) is 2.95. The van der Waals surface area contributed by atoms with Crippen molar-refractivity contribution in [3.63, 3.8) is 0 Å². The number of amides is 1. The number of benzene rings is 2. The summed E-state index contributed by atoms with van der Waals surface area (Å²) in [6.45, 7) is 1.03. The molecule has 3 rings (SSSR count). The molecular formula is C23H30N2O4S. The van der Waals surface area contributed by atoms with Crippen LogP contribution >= 0.6 is 0 Å². The Hall–Kier alpha value is -2.38. The summed E-state index contributed by atoms with van der Waals surface area (Å²) in [4.78, 5) is 12.7. The Balaban J connectivity index is 1.56. The Bertz CT molecular complexity index is 914. The van der Waals surface area contributed by atoms with Crippen LogP contribution in [0.2, 0.25) is 0 Å². The molecule has 0 saturated carbocycles. The minimum absolute atomic E-state index is 0.0927. The second-order valence-electron chi connectivity index (χ2n) is 7.58. The van der Waals surface area contributed by atoms with Gasteiger partial charge in [0, 0.05) is 25.6 Å². The molecule has 6 nitrogen and oxygen atoms in total. The number of nitrogens with zero attached hydrogens (tertiary/aromatic N) is 1. The van der Waals surface area contributed by atoms with Crippen molar-refractivity contribution in [1.29, 1.82) is 0 Å². The smallest absolute Gasteiger partial charge is 0.243 e. The van der Waals surface area contributed by atoms with Crippen molar-refractivity contribution in [1.82, 2.24) is 9.62 Å². The molecule has 2 aromatic carbocycles. The maximum absolute atomic E-state index is 13.1. The molecule has 0 spiro atoms. The Labute approximate surface area is 179 Å². The summed E-state index contributed by atoms with van der Waals surface area (Å²) in [6, 6.07) is 16.3. The molecule has 0 aliphatic carbocycles. The molecule has 1 N–H and O–H groups in total. The molecule has 0 bridgehead atoms. The van der Waals surface area contributed by atoms with Gasteiger partial charge in [0.1, 0.15) is 5.75 Å². The highest BCUT2D eigenvalue weighted by Gasteiger charge is 2.34. The van der Waals surface area contributed by atoms with Crippen molar-refractivity contribution in [2.75, 3.05) is 20.2 Å². The summed E-state index contributed by atoms with van der Waals surface area (Å²) in [5.41, 5.74) is 1.25. The number of hydrogen-bond donors (Lipinski definition) is 1. The van der Waals surface area contributed by atoms with E-state index in [1.807, 2.05) is 18.2 Å². The zero-order valence-electron chi connectivity index (χ0n) is 17.4. The molecule has 1 unspecified atom stereocenters. The molecule has 0 radical (unpaired) electrons. The van der Waals surface area contributed by atoms with Gasteiger partial charge in [-0.25, -0.2) is 8.42 Å². The highest BCUT2D eigenvalue weighted by Crippen LogP contribution is 2.28. The standard InChI is InChI=1S/C23H30N2O4S/c1-29-21-12-14-22(15-13-21)30(27,28)25-17-6-5-11-20(25)18-23(26)24-16-7-10-19-8-3-2-4-9-19/h2-4,8-9,12-15,20H,5-7,10-11,16-18H2,1H3,(H,24,26). The van der Waals surface area contributed by atoms with E-state index in [9.17, 15) is 13.2 Å². The number of carbonyl (C=O) groups is 1. The number of piperidine rings is 1. The van der Waals surface area contributed by atoms with Crippen LogP contribution in [0.4, 0.5) is 0 Å². The zero-order valence-corrected chi connectivity index (χ0v) is 18.2. The fourth-order valence-corrected chi connectivity index (χ4v) is 5.52. The van der Waals surface area contributed by atoms with Crippen LogP contribution in [-0.2, 0) is 21.2 Å². The Morgan fingerprint density at radius 1 is 1.10 bits per heavy atom. The van der Waals surface area contributed by atoms with Crippen LogP contribution in [0.15, 0.2) is 59.5 Å². The summed E-state index contributed by atoms with van der Waals surface area (Å²) in [5.74, 6) is 0.518. The van der Waals surface area contributed by atoms with Gasteiger partial charge in [-0.05, 0) is 55.5 Å². The third-order valence-corrected chi connectivity index (χ3v) is 7.43. The van der Waals surface area contributed by atoms with Gasteiger partial charge >= 0.3 is 0 Å². The number of sulfonamides is 1. The molecule has 1 aliphatic rings. The molecule has 1 heterocycles. The molecular weight excluding hydrogens is 400 g/mol. The minimum atomic E-state index is -3.65. The molecule has 30 heavy (non-hydrogen) atoms. The quantitative estimate of drug-likeness (QED) is 0.619. The Kier molecular flexibility index (Phi) is 7.87. The number of carbonyl (C=O) groups excluding carboxylic acids is 1. The average Bonchev–Trinajstić information content (AvgIpc) is 2.78. The van der Waals surface area contributed by atoms with E-state index in [0.717, 1.165) is 25.7 Å². The van der Waals surface area contributed by atoms with Gasteiger partial charge in [-0.15, -0.1) is 0 Å². The van der Waals surface area contributed by atoms with Gasteiger partial charge < -0.3 is 10.1 Å². The Morgan fingerprint density at radius 2 is 1.83 bits per heavy atom. The van der Waals surface area contributed by atoms with Gasteiger partial charge in [-0.1, -0.05) is 36.8 Å². The first-order valence-corrected chi connectivity index (χ1v) is 11.9. The average molecular weight is 431 g/mol. The first kappa shape index (κ1) is 22.3. The largest absolute Gasteiger partial charge is 0.497 e. The predicted molar refractivity (Wildman–Crippen MR) is 117 cm³/mol. The summed E-state index contributed by atoms with van der Waals surface area (Å²) >= 11 is 0. The molecule has 162 valence electrons. The van der Waals surface area contributed by atoms with Crippen LogP contribution < -0.4 is 10.1 Å². The molecule has 0 aromatic heterocycles. The van der Waals surface area contributed by atoms with Crippen LogP contribution in [0, 0.1) is 0 Å².